The third-order valence-corrected chi connectivity index (χ3v) is 4.92. The summed E-state index contributed by atoms with van der Waals surface area (Å²) in [5, 5.41) is 18.7. The Labute approximate surface area is 155 Å². The maximum Gasteiger partial charge on any atom is 0.348 e. The molecule has 0 saturated heterocycles. The van der Waals surface area contributed by atoms with Gasteiger partial charge in [-0.1, -0.05) is 30.3 Å². The molecule has 0 N–H and O–H groups in total. The highest BCUT2D eigenvalue weighted by Gasteiger charge is 2.23. The van der Waals surface area contributed by atoms with Gasteiger partial charge < -0.3 is 4.74 Å². The Kier molecular flexibility index (Phi) is 6.43. The number of rotatable bonds is 6. The van der Waals surface area contributed by atoms with E-state index < -0.39 is 11.8 Å². The minimum Gasteiger partial charge on any atom is -0.462 e. The molecule has 1 heterocycles. The monoisotopic (exact) mass is 364 g/mol. The van der Waals surface area contributed by atoms with Crippen LogP contribution in [0.3, 0.4) is 0 Å². The summed E-state index contributed by atoms with van der Waals surface area (Å²) in [5.74, 6) is -0.907. The van der Waals surface area contributed by atoms with Gasteiger partial charge in [0.15, 0.2) is 5.78 Å². The third kappa shape index (κ3) is 4.24. The van der Waals surface area contributed by atoms with E-state index in [0.29, 0.717) is 20.9 Å². The van der Waals surface area contributed by atoms with Crippen molar-refractivity contribution in [2.75, 3.05) is 6.61 Å². The van der Waals surface area contributed by atoms with Crippen LogP contribution < -0.4 is 0 Å². The first-order chi connectivity index (χ1) is 12.5. The van der Waals surface area contributed by atoms with Crippen LogP contribution in [0.4, 0.5) is 0 Å². The fourth-order valence-electron chi connectivity index (χ4n) is 2.37. The van der Waals surface area contributed by atoms with Crippen LogP contribution in [0.1, 0.15) is 38.2 Å². The Morgan fingerprint density at radius 1 is 1.23 bits per heavy atom. The van der Waals surface area contributed by atoms with Crippen LogP contribution in [0, 0.1) is 29.6 Å². The summed E-state index contributed by atoms with van der Waals surface area (Å²) in [7, 11) is 0. The summed E-state index contributed by atoms with van der Waals surface area (Å²) in [6, 6.07) is 13.0. The number of ether oxygens (including phenoxy) is 1. The number of esters is 1. The number of thiophene rings is 1. The fraction of sp³-hybridized carbons (Fsp3) is 0.200. The first-order valence-electron chi connectivity index (χ1n) is 7.91. The van der Waals surface area contributed by atoms with Crippen molar-refractivity contribution < 1.29 is 14.3 Å². The van der Waals surface area contributed by atoms with E-state index in [1.54, 1.807) is 26.0 Å². The van der Waals surface area contributed by atoms with Crippen LogP contribution in [-0.2, 0) is 16.0 Å². The highest BCUT2D eigenvalue weighted by Crippen LogP contribution is 2.29. The van der Waals surface area contributed by atoms with Crippen LogP contribution in [0.5, 0.6) is 0 Å². The van der Waals surface area contributed by atoms with Crippen molar-refractivity contribution >= 4 is 29.2 Å². The van der Waals surface area contributed by atoms with Gasteiger partial charge in [0.2, 0.25) is 0 Å². The molecule has 0 unspecified atom stereocenters. The summed E-state index contributed by atoms with van der Waals surface area (Å²) < 4.78 is 4.99. The van der Waals surface area contributed by atoms with Gasteiger partial charge in [-0.2, -0.15) is 10.5 Å². The molecule has 0 aliphatic heterocycles. The number of carbonyl (C=O) groups is 2. The zero-order valence-electron chi connectivity index (χ0n) is 14.4. The van der Waals surface area contributed by atoms with Crippen molar-refractivity contribution in [1.29, 1.82) is 10.5 Å². The number of nitrogens with zero attached hydrogens (tertiary/aromatic N) is 2. The fourth-order valence-corrected chi connectivity index (χ4v) is 3.52. The molecule has 1 aromatic heterocycles. The number of ketones is 1. The molecule has 0 atom stereocenters. The van der Waals surface area contributed by atoms with E-state index in [2.05, 4.69) is 0 Å². The van der Waals surface area contributed by atoms with Crippen LogP contribution in [-0.4, -0.2) is 18.4 Å². The maximum atomic E-state index is 12.5. The standard InChI is InChI=1S/C20H16N2O3S/c1-3-25-20(24)19-13(2)16(12-22)18(26-19)10-17(23)15(11-21)9-14-7-5-4-6-8-14/h4-9H,3,10H2,1-2H3/b15-9+. The van der Waals surface area contributed by atoms with Crippen LogP contribution in [0.25, 0.3) is 6.08 Å². The predicted molar refractivity (Wildman–Crippen MR) is 98.5 cm³/mol. The Morgan fingerprint density at radius 2 is 1.92 bits per heavy atom. The van der Waals surface area contributed by atoms with Gasteiger partial charge in [0.05, 0.1) is 17.7 Å². The summed E-state index contributed by atoms with van der Waals surface area (Å²) in [6.07, 6.45) is 1.40. The highest BCUT2D eigenvalue weighted by atomic mass is 32.1. The molecule has 0 aliphatic rings. The molecule has 0 spiro atoms. The first kappa shape index (κ1) is 19.1. The van der Waals surface area contributed by atoms with Gasteiger partial charge in [-0.25, -0.2) is 4.79 Å². The first-order valence-corrected chi connectivity index (χ1v) is 8.73. The molecule has 2 rings (SSSR count). The van der Waals surface area contributed by atoms with Gasteiger partial charge in [0, 0.05) is 11.3 Å². The Balaban J connectivity index is 2.32. The maximum absolute atomic E-state index is 12.5. The van der Waals surface area contributed by atoms with Gasteiger partial charge in [-0.3, -0.25) is 4.79 Å². The van der Waals surface area contributed by atoms with Gasteiger partial charge >= 0.3 is 5.97 Å². The molecule has 26 heavy (non-hydrogen) atoms. The summed E-state index contributed by atoms with van der Waals surface area (Å²) in [4.78, 5) is 25.3. The number of nitriles is 2. The molecule has 0 radical (unpaired) electrons. The Morgan fingerprint density at radius 3 is 2.50 bits per heavy atom. The molecule has 130 valence electrons. The molecular formula is C20H16N2O3S. The van der Waals surface area contributed by atoms with Crippen molar-refractivity contribution in [1.82, 2.24) is 0 Å². The molecular weight excluding hydrogens is 348 g/mol. The van der Waals surface area contributed by atoms with Crippen molar-refractivity contribution in [3.8, 4) is 12.1 Å². The van der Waals surface area contributed by atoms with Crippen molar-refractivity contribution in [2.45, 2.75) is 20.3 Å². The van der Waals surface area contributed by atoms with E-state index in [9.17, 15) is 20.1 Å². The highest BCUT2D eigenvalue weighted by molar-refractivity contribution is 7.14. The summed E-state index contributed by atoms with van der Waals surface area (Å²) in [6.45, 7) is 3.58. The van der Waals surface area contributed by atoms with E-state index >= 15 is 0 Å². The molecule has 0 saturated carbocycles. The quantitative estimate of drug-likeness (QED) is 0.441. The lowest BCUT2D eigenvalue weighted by atomic mass is 10.0. The molecule has 5 nitrogen and oxygen atoms in total. The predicted octanol–water partition coefficient (Wildman–Crippen LogP) is 3.82. The normalized spacial score (nSPS) is 10.7. The lowest BCUT2D eigenvalue weighted by Gasteiger charge is -1.99. The molecule has 0 fully saturated rings. The largest absolute Gasteiger partial charge is 0.462 e. The van der Waals surface area contributed by atoms with Crippen molar-refractivity contribution in [3.63, 3.8) is 0 Å². The number of hydrogen-bond acceptors (Lipinski definition) is 6. The minimum atomic E-state index is -0.509. The molecule has 6 heteroatoms. The average Bonchev–Trinajstić information content (AvgIpc) is 2.96. The Bertz CT molecular complexity index is 944. The number of Topliss-reactive ketones (excluding diaryl/α,β-unsaturated/α-hetero) is 1. The zero-order chi connectivity index (χ0) is 19.1. The molecule has 0 aliphatic carbocycles. The third-order valence-electron chi connectivity index (χ3n) is 3.64. The van der Waals surface area contributed by atoms with Crippen molar-refractivity contribution in [2.24, 2.45) is 0 Å². The van der Waals surface area contributed by atoms with Crippen LogP contribution in [0.2, 0.25) is 0 Å². The van der Waals surface area contributed by atoms with Crippen LogP contribution in [0.15, 0.2) is 35.9 Å². The van der Waals surface area contributed by atoms with E-state index in [0.717, 1.165) is 16.9 Å². The second-order valence-corrected chi connectivity index (χ2v) is 6.47. The average molecular weight is 364 g/mol. The molecule has 0 bridgehead atoms. The smallest absolute Gasteiger partial charge is 0.348 e. The van der Waals surface area contributed by atoms with E-state index in [-0.39, 0.29) is 18.6 Å². The second kappa shape index (κ2) is 8.75. The SMILES string of the molecule is CCOC(=O)c1sc(CC(=O)/C(C#N)=C/c2ccccc2)c(C#N)c1C. The van der Waals surface area contributed by atoms with E-state index in [1.807, 2.05) is 30.3 Å². The molecule has 0 amide bonds. The lowest BCUT2D eigenvalue weighted by Crippen LogP contribution is -2.05. The zero-order valence-corrected chi connectivity index (χ0v) is 15.2. The molecule has 2 aromatic rings. The van der Waals surface area contributed by atoms with Gasteiger partial charge in [0.25, 0.3) is 0 Å². The number of allylic oxidation sites excluding steroid dienone is 1. The topological polar surface area (TPSA) is 90.9 Å². The number of carbonyl (C=O) groups excluding carboxylic acids is 2. The summed E-state index contributed by atoms with van der Waals surface area (Å²) >= 11 is 1.07. The lowest BCUT2D eigenvalue weighted by molar-refractivity contribution is -0.114. The van der Waals surface area contributed by atoms with Gasteiger partial charge in [-0.15, -0.1) is 11.3 Å². The van der Waals surface area contributed by atoms with Crippen LogP contribution >= 0.6 is 11.3 Å². The van der Waals surface area contributed by atoms with E-state index in [1.165, 1.54) is 6.08 Å². The number of hydrogen-bond donors (Lipinski definition) is 0. The summed E-state index contributed by atoms with van der Waals surface area (Å²) in [5.41, 5.74) is 1.55. The Hall–Kier alpha value is -3.22. The number of benzene rings is 1. The van der Waals surface area contributed by atoms with E-state index in [4.69, 9.17) is 4.74 Å². The molecule has 1 aromatic carbocycles. The minimum absolute atomic E-state index is 0.00354. The van der Waals surface area contributed by atoms with Crippen molar-refractivity contribution in [3.05, 3.63) is 62.3 Å². The second-order valence-electron chi connectivity index (χ2n) is 5.37. The van der Waals surface area contributed by atoms with Gasteiger partial charge in [-0.05, 0) is 31.1 Å². The van der Waals surface area contributed by atoms with Gasteiger partial charge in [0.1, 0.15) is 17.0 Å².